The Morgan fingerprint density at radius 3 is 2.57 bits per heavy atom. The predicted octanol–water partition coefficient (Wildman–Crippen LogP) is 3.20. The van der Waals surface area contributed by atoms with Crippen LogP contribution < -0.4 is 20.5 Å². The SMILES string of the molecule is COc1cccc(CN2C(=O)N(c3ccc(C4CNNC4)cc3)CC23CCN(CC2CCOC2)CC3)c1. The smallest absolute Gasteiger partial charge is 0.325 e. The van der Waals surface area contributed by atoms with E-state index in [9.17, 15) is 4.79 Å². The van der Waals surface area contributed by atoms with Gasteiger partial charge >= 0.3 is 6.03 Å². The van der Waals surface area contributed by atoms with Crippen molar-refractivity contribution < 1.29 is 14.3 Å². The van der Waals surface area contributed by atoms with E-state index in [4.69, 9.17) is 9.47 Å². The maximum Gasteiger partial charge on any atom is 0.325 e. The zero-order chi connectivity index (χ0) is 25.2. The van der Waals surface area contributed by atoms with Crippen LogP contribution in [0.2, 0.25) is 0 Å². The minimum atomic E-state index is -0.166. The van der Waals surface area contributed by atoms with E-state index in [-0.39, 0.29) is 11.6 Å². The van der Waals surface area contributed by atoms with Crippen LogP contribution in [0.3, 0.4) is 0 Å². The highest BCUT2D eigenvalue weighted by Gasteiger charge is 2.51. The molecule has 4 aliphatic rings. The Kier molecular flexibility index (Phi) is 7.08. The van der Waals surface area contributed by atoms with Crippen molar-refractivity contribution in [2.24, 2.45) is 5.92 Å². The van der Waals surface area contributed by atoms with Crippen LogP contribution in [0.1, 0.15) is 36.3 Å². The first-order valence-electron chi connectivity index (χ1n) is 13.7. The largest absolute Gasteiger partial charge is 0.497 e. The highest BCUT2D eigenvalue weighted by molar-refractivity contribution is 5.95. The fraction of sp³-hybridized carbons (Fsp3) is 0.552. The Morgan fingerprint density at radius 1 is 1.08 bits per heavy atom. The molecule has 8 heteroatoms. The van der Waals surface area contributed by atoms with Crippen molar-refractivity contribution in [1.29, 1.82) is 0 Å². The van der Waals surface area contributed by atoms with Crippen LogP contribution in [-0.2, 0) is 11.3 Å². The molecule has 0 aromatic heterocycles. The Morgan fingerprint density at radius 2 is 1.86 bits per heavy atom. The third-order valence-electron chi connectivity index (χ3n) is 8.79. The van der Waals surface area contributed by atoms with Gasteiger partial charge in [-0.2, -0.15) is 0 Å². The topological polar surface area (TPSA) is 69.3 Å². The van der Waals surface area contributed by atoms with E-state index in [1.807, 2.05) is 17.0 Å². The normalized spacial score (nSPS) is 24.5. The number of ether oxygens (including phenoxy) is 2. The molecule has 1 spiro atoms. The summed E-state index contributed by atoms with van der Waals surface area (Å²) in [5, 5.41) is 0. The third-order valence-corrected chi connectivity index (χ3v) is 8.79. The number of hydrogen-bond acceptors (Lipinski definition) is 6. The lowest BCUT2D eigenvalue weighted by Crippen LogP contribution is -2.54. The molecule has 37 heavy (non-hydrogen) atoms. The van der Waals surface area contributed by atoms with E-state index in [0.29, 0.717) is 18.4 Å². The van der Waals surface area contributed by atoms with Crippen molar-refractivity contribution in [2.45, 2.75) is 37.3 Å². The lowest BCUT2D eigenvalue weighted by molar-refractivity contribution is 0.0634. The van der Waals surface area contributed by atoms with Gasteiger partial charge in [0.2, 0.25) is 0 Å². The maximum absolute atomic E-state index is 14.0. The average molecular weight is 506 g/mol. The second-order valence-corrected chi connectivity index (χ2v) is 11.1. The molecule has 8 nitrogen and oxygen atoms in total. The number of hydrazine groups is 1. The summed E-state index contributed by atoms with van der Waals surface area (Å²) in [4.78, 5) is 20.8. The van der Waals surface area contributed by atoms with Crippen LogP contribution >= 0.6 is 0 Å². The average Bonchev–Trinajstić information content (AvgIpc) is 3.70. The van der Waals surface area contributed by atoms with Crippen LogP contribution in [0.4, 0.5) is 10.5 Å². The summed E-state index contributed by atoms with van der Waals surface area (Å²) in [6.07, 6.45) is 3.15. The number of likely N-dealkylation sites (tertiary alicyclic amines) is 1. The lowest BCUT2D eigenvalue weighted by atomic mass is 9.85. The van der Waals surface area contributed by atoms with Gasteiger partial charge in [-0.1, -0.05) is 24.3 Å². The van der Waals surface area contributed by atoms with Crippen LogP contribution in [0.25, 0.3) is 0 Å². The Hall–Kier alpha value is -2.65. The number of carbonyl (C=O) groups is 1. The van der Waals surface area contributed by atoms with E-state index < -0.39 is 0 Å². The van der Waals surface area contributed by atoms with Crippen molar-refractivity contribution in [3.8, 4) is 5.75 Å². The molecule has 0 aliphatic carbocycles. The number of carbonyl (C=O) groups excluding carboxylic acids is 1. The highest BCUT2D eigenvalue weighted by atomic mass is 16.5. The molecule has 4 saturated heterocycles. The molecule has 2 aromatic rings. The third kappa shape index (κ3) is 5.08. The zero-order valence-corrected chi connectivity index (χ0v) is 21.8. The van der Waals surface area contributed by atoms with Gasteiger partial charge in [-0.25, -0.2) is 4.79 Å². The molecular weight excluding hydrogens is 466 g/mol. The number of nitrogens with zero attached hydrogens (tertiary/aromatic N) is 3. The summed E-state index contributed by atoms with van der Waals surface area (Å²) in [6.45, 7) is 8.13. The van der Waals surface area contributed by atoms with Crippen molar-refractivity contribution in [3.63, 3.8) is 0 Å². The number of piperidine rings is 1. The summed E-state index contributed by atoms with van der Waals surface area (Å²) < 4.78 is 11.1. The van der Waals surface area contributed by atoms with Crippen LogP contribution in [0, 0.1) is 5.92 Å². The minimum absolute atomic E-state index is 0.109. The molecule has 0 radical (unpaired) electrons. The molecule has 2 aromatic carbocycles. The van der Waals surface area contributed by atoms with Gasteiger partial charge < -0.3 is 19.3 Å². The summed E-state index contributed by atoms with van der Waals surface area (Å²) in [7, 11) is 1.69. The fourth-order valence-corrected chi connectivity index (χ4v) is 6.48. The van der Waals surface area contributed by atoms with E-state index in [0.717, 1.165) is 82.3 Å². The van der Waals surface area contributed by atoms with Crippen molar-refractivity contribution >= 4 is 11.7 Å². The number of hydrogen-bond donors (Lipinski definition) is 2. The summed E-state index contributed by atoms with van der Waals surface area (Å²) in [6, 6.07) is 16.9. The van der Waals surface area contributed by atoms with Gasteiger partial charge in [0, 0.05) is 57.5 Å². The number of benzene rings is 2. The molecule has 4 fully saturated rings. The molecule has 4 aliphatic heterocycles. The number of nitrogens with one attached hydrogen (secondary N) is 2. The van der Waals surface area contributed by atoms with Crippen LogP contribution in [0.5, 0.6) is 5.75 Å². The molecular formula is C29H39N5O3. The van der Waals surface area contributed by atoms with Gasteiger partial charge in [0.15, 0.2) is 0 Å². The van der Waals surface area contributed by atoms with E-state index >= 15 is 0 Å². The van der Waals surface area contributed by atoms with E-state index in [2.05, 4.69) is 57.0 Å². The number of amides is 2. The number of rotatable bonds is 7. The molecule has 2 N–H and O–H groups in total. The second kappa shape index (κ2) is 10.6. The zero-order valence-electron chi connectivity index (χ0n) is 21.8. The molecule has 1 unspecified atom stereocenters. The van der Waals surface area contributed by atoms with Gasteiger partial charge in [0.1, 0.15) is 5.75 Å². The van der Waals surface area contributed by atoms with Crippen molar-refractivity contribution in [2.75, 3.05) is 64.5 Å². The Bertz CT molecular complexity index is 1070. The standard InChI is InChI=1S/C29H39N5O3/c1-36-27-4-2-3-22(15-27)19-34-28(35)33(26-7-5-24(6-8-26)25-16-30-31-17-25)21-29(34)10-12-32(13-11-29)18-23-9-14-37-20-23/h2-8,15,23,25,30-31H,9-14,16-21H2,1H3. The molecule has 198 valence electrons. The van der Waals surface area contributed by atoms with Crippen LogP contribution in [0.15, 0.2) is 48.5 Å². The molecule has 0 bridgehead atoms. The van der Waals surface area contributed by atoms with Crippen LogP contribution in [-0.4, -0.2) is 81.0 Å². The number of anilines is 1. The lowest BCUT2D eigenvalue weighted by Gasteiger charge is -2.44. The minimum Gasteiger partial charge on any atom is -0.497 e. The Labute approximate surface area is 219 Å². The number of methoxy groups -OCH3 is 1. The molecule has 1 atom stereocenters. The van der Waals surface area contributed by atoms with Gasteiger partial charge in [0.05, 0.1) is 25.8 Å². The maximum atomic E-state index is 14.0. The first-order valence-corrected chi connectivity index (χ1v) is 13.7. The van der Waals surface area contributed by atoms with Gasteiger partial charge in [-0.05, 0) is 60.6 Å². The molecule has 4 heterocycles. The quantitative estimate of drug-likeness (QED) is 0.603. The van der Waals surface area contributed by atoms with Crippen molar-refractivity contribution in [3.05, 3.63) is 59.7 Å². The molecule has 0 saturated carbocycles. The van der Waals surface area contributed by atoms with Gasteiger partial charge in [-0.3, -0.25) is 15.8 Å². The first-order chi connectivity index (χ1) is 18.1. The van der Waals surface area contributed by atoms with Crippen molar-refractivity contribution in [1.82, 2.24) is 20.7 Å². The second-order valence-electron chi connectivity index (χ2n) is 11.1. The molecule has 2 amide bonds. The van der Waals surface area contributed by atoms with Gasteiger partial charge in [0.25, 0.3) is 0 Å². The van der Waals surface area contributed by atoms with E-state index in [1.54, 1.807) is 7.11 Å². The monoisotopic (exact) mass is 505 g/mol. The molecule has 6 rings (SSSR count). The Balaban J connectivity index is 1.22. The highest BCUT2D eigenvalue weighted by Crippen LogP contribution is 2.40. The summed E-state index contributed by atoms with van der Waals surface area (Å²) >= 11 is 0. The number of urea groups is 1. The van der Waals surface area contributed by atoms with Gasteiger partial charge in [-0.15, -0.1) is 0 Å². The van der Waals surface area contributed by atoms with E-state index in [1.165, 1.54) is 12.0 Å². The fourth-order valence-electron chi connectivity index (χ4n) is 6.48. The summed E-state index contributed by atoms with van der Waals surface area (Å²) in [5.74, 6) is 1.94. The first kappa shape index (κ1) is 24.7. The summed E-state index contributed by atoms with van der Waals surface area (Å²) in [5.41, 5.74) is 9.66. The predicted molar refractivity (Wildman–Crippen MR) is 144 cm³/mol.